The molecular formula is C28H24N2O4S. The fraction of sp³-hybridized carbons (Fsp3) is 0.179. The predicted octanol–water partition coefficient (Wildman–Crippen LogP) is 5.87. The van der Waals surface area contributed by atoms with E-state index in [1.54, 1.807) is 42.7 Å². The fourth-order valence-corrected chi connectivity index (χ4v) is 4.89. The Labute approximate surface area is 207 Å². The van der Waals surface area contributed by atoms with Crippen molar-refractivity contribution < 1.29 is 19.1 Å². The van der Waals surface area contributed by atoms with E-state index in [-0.39, 0.29) is 18.2 Å². The molecule has 4 aromatic rings. The van der Waals surface area contributed by atoms with Gasteiger partial charge >= 0.3 is 0 Å². The Morgan fingerprint density at radius 1 is 1.06 bits per heavy atom. The van der Waals surface area contributed by atoms with Crippen LogP contribution in [0.3, 0.4) is 0 Å². The molecule has 5 rings (SSSR count). The summed E-state index contributed by atoms with van der Waals surface area (Å²) in [5.74, 6) is 0.773. The number of rotatable bonds is 7. The Morgan fingerprint density at radius 2 is 1.89 bits per heavy atom. The van der Waals surface area contributed by atoms with Gasteiger partial charge in [-0.05, 0) is 36.8 Å². The number of ether oxygens (including phenoxy) is 2. The molecule has 0 bridgehead atoms. The minimum absolute atomic E-state index is 0.0886. The van der Waals surface area contributed by atoms with Crippen molar-refractivity contribution in [2.75, 3.05) is 18.6 Å². The molecule has 0 aliphatic carbocycles. The van der Waals surface area contributed by atoms with Crippen LogP contribution >= 0.6 is 11.3 Å². The summed E-state index contributed by atoms with van der Waals surface area (Å²) in [4.78, 5) is 32.7. The summed E-state index contributed by atoms with van der Waals surface area (Å²) in [7, 11) is 1.56. The maximum absolute atomic E-state index is 13.3. The normalized spacial score (nSPS) is 14.9. The van der Waals surface area contributed by atoms with Crippen LogP contribution < -0.4 is 14.4 Å². The Bertz CT molecular complexity index is 1380. The number of Topliss-reactive ketones (excluding diaryl/α,β-unsaturated/α-hetero) is 1. The number of benzene rings is 3. The molecule has 7 heteroatoms. The zero-order valence-corrected chi connectivity index (χ0v) is 20.2. The summed E-state index contributed by atoms with van der Waals surface area (Å²) in [6.07, 6.45) is -0.119. The molecule has 0 saturated heterocycles. The number of carbonyl (C=O) groups is 2. The lowest BCUT2D eigenvalue weighted by Gasteiger charge is -2.34. The summed E-state index contributed by atoms with van der Waals surface area (Å²) < 4.78 is 11.2. The number of ketones is 1. The molecule has 176 valence electrons. The van der Waals surface area contributed by atoms with Crippen molar-refractivity contribution in [3.05, 3.63) is 83.7 Å². The summed E-state index contributed by atoms with van der Waals surface area (Å²) >= 11 is 1.56. The Kier molecular flexibility index (Phi) is 6.33. The van der Waals surface area contributed by atoms with Crippen molar-refractivity contribution in [3.8, 4) is 33.3 Å². The van der Waals surface area contributed by atoms with Gasteiger partial charge < -0.3 is 9.47 Å². The number of nitrogens with zero attached hydrogens (tertiary/aromatic N) is 2. The highest BCUT2D eigenvalue weighted by Gasteiger charge is 2.35. The molecular weight excluding hydrogens is 460 g/mol. The third-order valence-corrected chi connectivity index (χ3v) is 6.84. The molecule has 0 fully saturated rings. The number of amides is 1. The lowest BCUT2D eigenvalue weighted by atomic mass is 10.0. The van der Waals surface area contributed by atoms with Crippen LogP contribution in [0.5, 0.6) is 11.5 Å². The number of aromatic nitrogens is 1. The standard InChI is InChI=1S/C28H24N2O4S/c1-3-25-28(32)30(16-24(31)20-10-7-11-21(14-20)33-2)23-15-19(12-13-26(23)34-25)22-17-35-27(29-22)18-8-5-4-6-9-18/h4-15,17,25H,3,16H2,1-2H3. The second kappa shape index (κ2) is 9.72. The van der Waals surface area contributed by atoms with Gasteiger partial charge in [0.05, 0.1) is 25.0 Å². The average molecular weight is 485 g/mol. The monoisotopic (exact) mass is 484 g/mol. The van der Waals surface area contributed by atoms with Crippen LogP contribution in [-0.2, 0) is 4.79 Å². The van der Waals surface area contributed by atoms with Crippen LogP contribution in [0.25, 0.3) is 21.8 Å². The van der Waals surface area contributed by atoms with Crippen molar-refractivity contribution in [1.82, 2.24) is 4.98 Å². The van der Waals surface area contributed by atoms with E-state index in [9.17, 15) is 9.59 Å². The molecule has 2 heterocycles. The summed E-state index contributed by atoms with van der Waals surface area (Å²) in [6, 6.07) is 22.6. The van der Waals surface area contributed by atoms with Gasteiger partial charge in [0, 0.05) is 22.1 Å². The molecule has 1 amide bonds. The number of hydrogen-bond acceptors (Lipinski definition) is 6. The first-order chi connectivity index (χ1) is 17.1. The molecule has 1 unspecified atom stereocenters. The molecule has 0 N–H and O–H groups in total. The van der Waals surface area contributed by atoms with Crippen LogP contribution in [0.4, 0.5) is 5.69 Å². The van der Waals surface area contributed by atoms with Crippen molar-refractivity contribution >= 4 is 28.7 Å². The topological polar surface area (TPSA) is 68.7 Å². The average Bonchev–Trinajstić information content (AvgIpc) is 3.41. The number of thiazole rings is 1. The lowest BCUT2D eigenvalue weighted by Crippen LogP contribution is -2.47. The Balaban J connectivity index is 1.49. The van der Waals surface area contributed by atoms with Crippen molar-refractivity contribution in [2.24, 2.45) is 0 Å². The first kappa shape index (κ1) is 22.8. The van der Waals surface area contributed by atoms with Gasteiger partial charge in [-0.1, -0.05) is 49.4 Å². The van der Waals surface area contributed by atoms with Gasteiger partial charge in [0.2, 0.25) is 0 Å². The minimum Gasteiger partial charge on any atom is -0.497 e. The van der Waals surface area contributed by atoms with Crippen LogP contribution in [0.2, 0.25) is 0 Å². The van der Waals surface area contributed by atoms with E-state index >= 15 is 0 Å². The van der Waals surface area contributed by atoms with Crippen LogP contribution in [0.1, 0.15) is 23.7 Å². The lowest BCUT2D eigenvalue weighted by molar-refractivity contribution is -0.126. The highest BCUT2D eigenvalue weighted by molar-refractivity contribution is 7.13. The van der Waals surface area contributed by atoms with Gasteiger partial charge in [-0.15, -0.1) is 11.3 Å². The quantitative estimate of drug-likeness (QED) is 0.307. The molecule has 0 saturated carbocycles. The molecule has 1 atom stereocenters. The number of anilines is 1. The van der Waals surface area contributed by atoms with E-state index in [1.165, 1.54) is 4.90 Å². The van der Waals surface area contributed by atoms with Gasteiger partial charge in [-0.3, -0.25) is 14.5 Å². The zero-order valence-electron chi connectivity index (χ0n) is 19.4. The molecule has 1 aromatic heterocycles. The minimum atomic E-state index is -0.629. The van der Waals surface area contributed by atoms with Crippen molar-refractivity contribution in [2.45, 2.75) is 19.4 Å². The van der Waals surface area contributed by atoms with E-state index in [1.807, 2.05) is 60.8 Å². The van der Waals surface area contributed by atoms with Crippen LogP contribution in [0, 0.1) is 0 Å². The van der Waals surface area contributed by atoms with Gasteiger partial charge in [-0.25, -0.2) is 4.98 Å². The third kappa shape index (κ3) is 4.55. The zero-order chi connectivity index (χ0) is 24.4. The van der Waals surface area contributed by atoms with Gasteiger partial charge in [0.25, 0.3) is 5.91 Å². The molecule has 1 aliphatic heterocycles. The summed E-state index contributed by atoms with van der Waals surface area (Å²) in [6.45, 7) is 1.80. The number of methoxy groups -OCH3 is 1. The molecule has 1 aliphatic rings. The number of hydrogen-bond donors (Lipinski definition) is 0. The summed E-state index contributed by atoms with van der Waals surface area (Å²) in [5, 5.41) is 2.91. The van der Waals surface area contributed by atoms with Crippen LogP contribution in [-0.4, -0.2) is 36.4 Å². The fourth-order valence-electron chi connectivity index (χ4n) is 4.06. The molecule has 6 nitrogen and oxygen atoms in total. The molecule has 0 radical (unpaired) electrons. The van der Waals surface area contributed by atoms with E-state index in [2.05, 4.69) is 0 Å². The SMILES string of the molecule is CCC1Oc2ccc(-c3csc(-c4ccccc4)n3)cc2N(CC(=O)c2cccc(OC)c2)C1=O. The molecule has 0 spiro atoms. The smallest absolute Gasteiger partial charge is 0.268 e. The van der Waals surface area contributed by atoms with E-state index in [0.29, 0.717) is 29.2 Å². The van der Waals surface area contributed by atoms with E-state index < -0.39 is 6.10 Å². The Hall–Kier alpha value is -3.97. The maximum atomic E-state index is 13.3. The second-order valence-corrected chi connectivity index (χ2v) is 9.04. The van der Waals surface area contributed by atoms with Gasteiger partial charge in [-0.2, -0.15) is 0 Å². The van der Waals surface area contributed by atoms with Crippen molar-refractivity contribution in [1.29, 1.82) is 0 Å². The first-order valence-electron chi connectivity index (χ1n) is 11.4. The maximum Gasteiger partial charge on any atom is 0.268 e. The van der Waals surface area contributed by atoms with Gasteiger partial charge in [0.15, 0.2) is 11.9 Å². The Morgan fingerprint density at radius 3 is 2.66 bits per heavy atom. The van der Waals surface area contributed by atoms with E-state index in [0.717, 1.165) is 21.8 Å². The first-order valence-corrected chi connectivity index (χ1v) is 12.3. The number of carbonyl (C=O) groups excluding carboxylic acids is 2. The van der Waals surface area contributed by atoms with Gasteiger partial charge in [0.1, 0.15) is 16.5 Å². The second-order valence-electron chi connectivity index (χ2n) is 8.18. The summed E-state index contributed by atoms with van der Waals surface area (Å²) in [5.41, 5.74) is 3.77. The highest BCUT2D eigenvalue weighted by atomic mass is 32.1. The van der Waals surface area contributed by atoms with Crippen molar-refractivity contribution in [3.63, 3.8) is 0 Å². The van der Waals surface area contributed by atoms with Crippen LogP contribution in [0.15, 0.2) is 78.2 Å². The largest absolute Gasteiger partial charge is 0.497 e. The highest BCUT2D eigenvalue weighted by Crippen LogP contribution is 2.39. The third-order valence-electron chi connectivity index (χ3n) is 5.95. The predicted molar refractivity (Wildman–Crippen MR) is 137 cm³/mol. The molecule has 35 heavy (non-hydrogen) atoms. The molecule has 3 aromatic carbocycles. The van der Waals surface area contributed by atoms with E-state index in [4.69, 9.17) is 14.5 Å². The number of fused-ring (bicyclic) bond motifs is 1.